The van der Waals surface area contributed by atoms with E-state index in [1.165, 1.54) is 38.5 Å². The molecular formula is C14H20. The Balaban J connectivity index is 2.35. The first kappa shape index (κ1) is 11.0. The van der Waals surface area contributed by atoms with Crippen LogP contribution in [-0.4, -0.2) is 0 Å². The van der Waals surface area contributed by atoms with Crippen molar-refractivity contribution in [2.45, 2.75) is 38.5 Å². The van der Waals surface area contributed by atoms with E-state index in [-0.39, 0.29) is 0 Å². The van der Waals surface area contributed by atoms with Crippen LogP contribution >= 0.6 is 0 Å². The highest BCUT2D eigenvalue weighted by molar-refractivity contribution is 5.11. The minimum absolute atomic E-state index is 1.19. The zero-order chi connectivity index (χ0) is 9.90. The Morgan fingerprint density at radius 1 is 0.429 bits per heavy atom. The van der Waals surface area contributed by atoms with Gasteiger partial charge < -0.3 is 0 Å². The maximum atomic E-state index is 2.32. The van der Waals surface area contributed by atoms with Crippen LogP contribution in [0, 0.1) is 0 Å². The molecule has 0 spiro atoms. The van der Waals surface area contributed by atoms with Crippen molar-refractivity contribution < 1.29 is 0 Å². The van der Waals surface area contributed by atoms with Crippen LogP contribution in [0.1, 0.15) is 38.5 Å². The van der Waals surface area contributed by atoms with Gasteiger partial charge in [-0.2, -0.15) is 0 Å². The lowest BCUT2D eigenvalue weighted by molar-refractivity contribution is 0.840. The second-order valence-corrected chi connectivity index (χ2v) is 3.57. The Labute approximate surface area is 87.7 Å². The van der Waals surface area contributed by atoms with E-state index in [0.29, 0.717) is 0 Å². The van der Waals surface area contributed by atoms with Crippen molar-refractivity contribution in [1.29, 1.82) is 0 Å². The van der Waals surface area contributed by atoms with Crippen molar-refractivity contribution in [3.8, 4) is 0 Å². The van der Waals surface area contributed by atoms with Crippen molar-refractivity contribution in [3.63, 3.8) is 0 Å². The highest BCUT2D eigenvalue weighted by Gasteiger charge is 1.82. The van der Waals surface area contributed by atoms with E-state index in [1.54, 1.807) is 0 Å². The third-order valence-corrected chi connectivity index (χ3v) is 2.26. The van der Waals surface area contributed by atoms with E-state index >= 15 is 0 Å². The summed E-state index contributed by atoms with van der Waals surface area (Å²) in [4.78, 5) is 0. The van der Waals surface area contributed by atoms with Gasteiger partial charge in [0.25, 0.3) is 0 Å². The molecule has 14 heavy (non-hydrogen) atoms. The van der Waals surface area contributed by atoms with Gasteiger partial charge in [-0.3, -0.25) is 0 Å². The Bertz CT molecular complexity index is 204. The van der Waals surface area contributed by atoms with Crippen molar-refractivity contribution in [2.24, 2.45) is 0 Å². The first-order chi connectivity index (χ1) is 7.00. The van der Waals surface area contributed by atoms with E-state index in [2.05, 4.69) is 48.6 Å². The quantitative estimate of drug-likeness (QED) is 0.489. The molecule has 0 radical (unpaired) electrons. The van der Waals surface area contributed by atoms with Crippen LogP contribution in [0.2, 0.25) is 0 Å². The standard InChI is InChI=1S/C14H20/c1-2-4-6-8-10-12-14-13-11-9-7-5-3-1/h1-6,13-14H,7-12H2/b2-1?,5-3-,6-4?,14-13-. The molecule has 0 aromatic rings. The fourth-order valence-electron chi connectivity index (χ4n) is 1.42. The van der Waals surface area contributed by atoms with Crippen LogP contribution < -0.4 is 0 Å². The molecule has 0 heterocycles. The third-order valence-electron chi connectivity index (χ3n) is 2.26. The summed E-state index contributed by atoms with van der Waals surface area (Å²) in [6.07, 6.45) is 25.0. The topological polar surface area (TPSA) is 0 Å². The third kappa shape index (κ3) is 6.47. The molecule has 0 saturated carbocycles. The molecule has 0 aromatic carbocycles. The van der Waals surface area contributed by atoms with Gasteiger partial charge >= 0.3 is 0 Å². The summed E-state index contributed by atoms with van der Waals surface area (Å²) in [7, 11) is 0. The summed E-state index contributed by atoms with van der Waals surface area (Å²) in [5, 5.41) is 0. The maximum absolute atomic E-state index is 2.32. The van der Waals surface area contributed by atoms with Crippen LogP contribution in [0.25, 0.3) is 0 Å². The number of hydrogen-bond acceptors (Lipinski definition) is 0. The molecule has 1 aliphatic carbocycles. The van der Waals surface area contributed by atoms with E-state index in [9.17, 15) is 0 Å². The predicted molar refractivity (Wildman–Crippen MR) is 64.3 cm³/mol. The second kappa shape index (κ2) is 8.55. The summed E-state index contributed by atoms with van der Waals surface area (Å²) >= 11 is 0. The van der Waals surface area contributed by atoms with Gasteiger partial charge in [0.15, 0.2) is 0 Å². The Morgan fingerprint density at radius 2 is 0.857 bits per heavy atom. The average Bonchev–Trinajstić information content (AvgIpc) is 2.22. The van der Waals surface area contributed by atoms with Crippen LogP contribution in [0.5, 0.6) is 0 Å². The van der Waals surface area contributed by atoms with Crippen molar-refractivity contribution in [1.82, 2.24) is 0 Å². The summed E-state index contributed by atoms with van der Waals surface area (Å²) in [6, 6.07) is 0. The fraction of sp³-hybridized carbons (Fsp3) is 0.429. The molecule has 0 amide bonds. The zero-order valence-electron chi connectivity index (χ0n) is 8.86. The molecule has 0 nitrogen and oxygen atoms in total. The zero-order valence-corrected chi connectivity index (χ0v) is 8.86. The minimum Gasteiger partial charge on any atom is -0.0885 e. The summed E-state index contributed by atoms with van der Waals surface area (Å²) < 4.78 is 0. The number of rotatable bonds is 0. The lowest BCUT2D eigenvalue weighted by atomic mass is 10.1. The first-order valence-electron chi connectivity index (χ1n) is 5.63. The van der Waals surface area contributed by atoms with Gasteiger partial charge in [0.1, 0.15) is 0 Å². The molecule has 0 aliphatic heterocycles. The molecule has 0 aromatic heterocycles. The van der Waals surface area contributed by atoms with Gasteiger partial charge in [-0.05, 0) is 38.5 Å². The Hall–Kier alpha value is -1.04. The molecular weight excluding hydrogens is 168 g/mol. The van der Waals surface area contributed by atoms with Crippen molar-refractivity contribution in [3.05, 3.63) is 48.6 Å². The molecule has 1 rings (SSSR count). The molecule has 1 aliphatic rings. The average molecular weight is 188 g/mol. The second-order valence-electron chi connectivity index (χ2n) is 3.57. The molecule has 0 bridgehead atoms. The largest absolute Gasteiger partial charge is 0.0885 e. The molecule has 76 valence electrons. The smallest absolute Gasteiger partial charge is 0.0345 e. The number of hydrogen-bond donors (Lipinski definition) is 0. The van der Waals surface area contributed by atoms with Crippen LogP contribution in [0.15, 0.2) is 48.6 Å². The van der Waals surface area contributed by atoms with E-state index in [1.807, 2.05) is 0 Å². The monoisotopic (exact) mass is 188 g/mol. The van der Waals surface area contributed by atoms with E-state index < -0.39 is 0 Å². The number of allylic oxidation sites excluding steroid dienone is 8. The van der Waals surface area contributed by atoms with E-state index in [4.69, 9.17) is 0 Å². The lowest BCUT2D eigenvalue weighted by Crippen LogP contribution is -1.72. The molecule has 0 unspecified atom stereocenters. The van der Waals surface area contributed by atoms with Gasteiger partial charge in [-0.25, -0.2) is 0 Å². The normalized spacial score (nSPS) is 24.0. The van der Waals surface area contributed by atoms with Gasteiger partial charge in [0, 0.05) is 0 Å². The predicted octanol–water partition coefficient (Wildman–Crippen LogP) is 4.57. The minimum atomic E-state index is 1.19. The van der Waals surface area contributed by atoms with Gasteiger partial charge in [-0.15, -0.1) is 0 Å². The molecule has 0 N–H and O–H groups in total. The maximum Gasteiger partial charge on any atom is -0.0345 e. The molecule has 0 heteroatoms. The first-order valence-corrected chi connectivity index (χ1v) is 5.63. The molecule has 0 atom stereocenters. The van der Waals surface area contributed by atoms with Crippen LogP contribution in [-0.2, 0) is 0 Å². The Morgan fingerprint density at radius 3 is 1.36 bits per heavy atom. The van der Waals surface area contributed by atoms with E-state index in [0.717, 1.165) is 0 Å². The summed E-state index contributed by atoms with van der Waals surface area (Å²) in [5.74, 6) is 0. The highest BCUT2D eigenvalue weighted by Crippen LogP contribution is 2.03. The highest BCUT2D eigenvalue weighted by atomic mass is 13.9. The van der Waals surface area contributed by atoms with Crippen LogP contribution in [0.4, 0.5) is 0 Å². The summed E-state index contributed by atoms with van der Waals surface area (Å²) in [6.45, 7) is 0. The lowest BCUT2D eigenvalue weighted by Gasteiger charge is -1.92. The van der Waals surface area contributed by atoms with Gasteiger partial charge in [0.05, 0.1) is 0 Å². The molecule has 0 fully saturated rings. The summed E-state index contributed by atoms with van der Waals surface area (Å²) in [5.41, 5.74) is 0. The molecule has 0 saturated heterocycles. The van der Waals surface area contributed by atoms with Crippen molar-refractivity contribution >= 4 is 0 Å². The fourth-order valence-corrected chi connectivity index (χ4v) is 1.42. The SMILES string of the molecule is C1=C/C=C\CCC/C=C\CCCC=C1. The van der Waals surface area contributed by atoms with Crippen molar-refractivity contribution in [2.75, 3.05) is 0 Å². The van der Waals surface area contributed by atoms with Gasteiger partial charge in [-0.1, -0.05) is 48.6 Å². The Kier molecular flexibility index (Phi) is 6.74. The van der Waals surface area contributed by atoms with Crippen LogP contribution in [0.3, 0.4) is 0 Å². The van der Waals surface area contributed by atoms with Gasteiger partial charge in [0.2, 0.25) is 0 Å².